The molecule has 4 amide bonds. The van der Waals surface area contributed by atoms with Gasteiger partial charge in [0.2, 0.25) is 0 Å². The summed E-state index contributed by atoms with van der Waals surface area (Å²) in [6, 6.07) is 49.9. The molecule has 2 heterocycles. The Hall–Kier alpha value is -7.57. The van der Waals surface area contributed by atoms with Crippen molar-refractivity contribution in [1.82, 2.24) is 10.0 Å². The summed E-state index contributed by atoms with van der Waals surface area (Å²) in [6.45, 7) is 6.52. The first-order valence-electron chi connectivity index (χ1n) is 20.9. The summed E-state index contributed by atoms with van der Waals surface area (Å²) in [5.74, 6) is -0.861. The molecule has 6 aromatic rings. The highest BCUT2D eigenvalue weighted by atomic mass is 35.5. The van der Waals surface area contributed by atoms with E-state index in [4.69, 9.17) is 21.1 Å². The van der Waals surface area contributed by atoms with E-state index >= 15 is 0 Å². The van der Waals surface area contributed by atoms with Crippen molar-refractivity contribution >= 4 is 58.4 Å². The number of carbonyl (C=O) groups excluding carboxylic acids is 4. The number of amides is 4. The van der Waals surface area contributed by atoms with Crippen molar-refractivity contribution in [2.75, 3.05) is 30.3 Å². The van der Waals surface area contributed by atoms with Gasteiger partial charge in [-0.15, -0.1) is 0 Å². The normalized spacial score (nSPS) is 15.3. The molecule has 0 aliphatic carbocycles. The lowest BCUT2D eigenvalue weighted by Crippen LogP contribution is -2.30. The standard InChI is InChI=1S/C26H25N3O3.C25H22ClN3O3/c1-18(2)32-25(30)21-13-15-22(16-14-21)27-26(31)29-17-23(19-9-5-3-6-10-19)24(28-29)20-11-7-4-8-12-20;1-2-32-24(30)19-10-14-21(15-11-19)27-25(31)29-16-22(17-6-4-3-5-7-17)23(28-29)18-8-12-20(26)13-9-18/h3-16,18,23H,17H2,1-2H3,(H,27,31);3-15,22H,2,16H2,1H3,(H,27,31). The number of ether oxygens (including phenoxy) is 2. The molecule has 0 saturated carbocycles. The number of anilines is 2. The first kappa shape index (κ1) is 44.5. The van der Waals surface area contributed by atoms with Crippen molar-refractivity contribution in [1.29, 1.82) is 0 Å². The molecule has 12 nitrogen and oxygen atoms in total. The van der Waals surface area contributed by atoms with Crippen molar-refractivity contribution in [2.45, 2.75) is 38.7 Å². The van der Waals surface area contributed by atoms with E-state index in [0.29, 0.717) is 47.2 Å². The highest BCUT2D eigenvalue weighted by Gasteiger charge is 2.33. The summed E-state index contributed by atoms with van der Waals surface area (Å²) in [5.41, 5.74) is 7.77. The van der Waals surface area contributed by atoms with Crippen LogP contribution in [0.3, 0.4) is 0 Å². The average Bonchev–Trinajstić information content (AvgIpc) is 3.98. The largest absolute Gasteiger partial charge is 0.462 e. The Morgan fingerprint density at radius 1 is 0.578 bits per heavy atom. The Morgan fingerprint density at radius 2 is 0.984 bits per heavy atom. The fraction of sp³-hybridized carbons (Fsp3) is 0.176. The van der Waals surface area contributed by atoms with Crippen LogP contribution in [0.5, 0.6) is 0 Å². The molecule has 0 saturated heterocycles. The molecule has 13 heteroatoms. The summed E-state index contributed by atoms with van der Waals surface area (Å²) in [6.07, 6.45) is -0.189. The highest BCUT2D eigenvalue weighted by Crippen LogP contribution is 2.31. The highest BCUT2D eigenvalue weighted by molar-refractivity contribution is 6.30. The lowest BCUT2D eigenvalue weighted by atomic mass is 9.91. The second-order valence-corrected chi connectivity index (χ2v) is 15.6. The third-order valence-electron chi connectivity index (χ3n) is 10.3. The van der Waals surface area contributed by atoms with Crippen LogP contribution in [0.25, 0.3) is 0 Å². The van der Waals surface area contributed by atoms with Gasteiger partial charge in [0.05, 0.1) is 48.4 Å². The lowest BCUT2D eigenvalue weighted by Gasteiger charge is -2.16. The van der Waals surface area contributed by atoms with Crippen LogP contribution in [0.15, 0.2) is 174 Å². The van der Waals surface area contributed by atoms with Crippen LogP contribution in [0.4, 0.5) is 21.0 Å². The molecule has 64 heavy (non-hydrogen) atoms. The molecule has 2 atom stereocenters. The summed E-state index contributed by atoms with van der Waals surface area (Å²) < 4.78 is 10.2. The van der Waals surface area contributed by atoms with Gasteiger partial charge in [0.15, 0.2) is 0 Å². The van der Waals surface area contributed by atoms with Gasteiger partial charge < -0.3 is 20.1 Å². The third kappa shape index (κ3) is 11.3. The summed E-state index contributed by atoms with van der Waals surface area (Å²) >= 11 is 6.05. The molecule has 2 unspecified atom stereocenters. The smallest absolute Gasteiger partial charge is 0.342 e. The van der Waals surface area contributed by atoms with Crippen molar-refractivity contribution in [3.05, 3.63) is 202 Å². The Morgan fingerprint density at radius 3 is 1.41 bits per heavy atom. The second-order valence-electron chi connectivity index (χ2n) is 15.1. The molecule has 0 spiro atoms. The van der Waals surface area contributed by atoms with Gasteiger partial charge in [-0.1, -0.05) is 115 Å². The van der Waals surface area contributed by atoms with Gasteiger partial charge in [0.25, 0.3) is 0 Å². The van der Waals surface area contributed by atoms with Crippen LogP contribution in [-0.2, 0) is 9.47 Å². The van der Waals surface area contributed by atoms with Gasteiger partial charge in [-0.25, -0.2) is 29.2 Å². The second kappa shape index (κ2) is 21.0. The van der Waals surface area contributed by atoms with Crippen molar-refractivity contribution in [3.8, 4) is 0 Å². The number of hydrazone groups is 2. The van der Waals surface area contributed by atoms with Crippen LogP contribution in [0.2, 0.25) is 5.02 Å². The van der Waals surface area contributed by atoms with Crippen molar-refractivity contribution in [2.24, 2.45) is 10.2 Å². The number of esters is 2. The van der Waals surface area contributed by atoms with Crippen LogP contribution < -0.4 is 10.6 Å². The number of nitrogens with zero attached hydrogens (tertiary/aromatic N) is 4. The number of hydrogen-bond acceptors (Lipinski definition) is 8. The molecule has 2 aliphatic rings. The zero-order valence-electron chi connectivity index (χ0n) is 35.6. The molecule has 324 valence electrons. The van der Waals surface area contributed by atoms with Crippen LogP contribution in [0.1, 0.15) is 75.6 Å². The van der Waals surface area contributed by atoms with E-state index in [1.54, 1.807) is 69.3 Å². The molecule has 0 radical (unpaired) electrons. The molecular weight excluding hydrogens is 828 g/mol. The number of halogens is 1. The lowest BCUT2D eigenvalue weighted by molar-refractivity contribution is 0.0377. The Balaban J connectivity index is 0.000000191. The fourth-order valence-electron chi connectivity index (χ4n) is 7.15. The molecule has 2 aliphatic heterocycles. The number of urea groups is 2. The molecule has 6 aromatic carbocycles. The van der Waals surface area contributed by atoms with E-state index in [-0.39, 0.29) is 36.0 Å². The molecule has 2 N–H and O–H groups in total. The van der Waals surface area contributed by atoms with E-state index in [1.165, 1.54) is 10.0 Å². The van der Waals surface area contributed by atoms with E-state index < -0.39 is 5.97 Å². The molecular formula is C51H47ClN6O6. The number of hydrogen-bond donors (Lipinski definition) is 2. The predicted molar refractivity (Wildman–Crippen MR) is 250 cm³/mol. The fourth-order valence-corrected chi connectivity index (χ4v) is 7.28. The van der Waals surface area contributed by atoms with E-state index in [9.17, 15) is 19.2 Å². The third-order valence-corrected chi connectivity index (χ3v) is 10.5. The van der Waals surface area contributed by atoms with Crippen LogP contribution in [-0.4, -0.2) is 71.2 Å². The quantitative estimate of drug-likeness (QED) is 0.131. The van der Waals surface area contributed by atoms with Gasteiger partial charge in [0.1, 0.15) is 0 Å². The first-order chi connectivity index (χ1) is 31.1. The molecule has 8 rings (SSSR count). The first-order valence-corrected chi connectivity index (χ1v) is 21.3. The minimum atomic E-state index is -0.396. The zero-order valence-corrected chi connectivity index (χ0v) is 36.3. The van der Waals surface area contributed by atoms with Crippen molar-refractivity contribution < 1.29 is 28.7 Å². The minimum Gasteiger partial charge on any atom is -0.462 e. The number of nitrogens with one attached hydrogen (secondary N) is 2. The van der Waals surface area contributed by atoms with Gasteiger partial charge in [-0.2, -0.15) is 10.2 Å². The van der Waals surface area contributed by atoms with Gasteiger partial charge in [0, 0.05) is 28.2 Å². The van der Waals surface area contributed by atoms with Crippen LogP contribution in [0, 0.1) is 0 Å². The Labute approximate surface area is 377 Å². The maximum absolute atomic E-state index is 12.9. The summed E-state index contributed by atoms with van der Waals surface area (Å²) in [4.78, 5) is 49.7. The maximum atomic E-state index is 12.9. The van der Waals surface area contributed by atoms with Gasteiger partial charge in [-0.05, 0) is 104 Å². The molecule has 0 aromatic heterocycles. The predicted octanol–water partition coefficient (Wildman–Crippen LogP) is 10.8. The zero-order chi connectivity index (χ0) is 45.0. The number of carbonyl (C=O) groups is 4. The number of rotatable bonds is 10. The Kier molecular flexibility index (Phi) is 14.6. The maximum Gasteiger partial charge on any atom is 0.342 e. The molecule has 0 bridgehead atoms. The van der Waals surface area contributed by atoms with Crippen LogP contribution >= 0.6 is 11.6 Å². The molecule has 0 fully saturated rings. The van der Waals surface area contributed by atoms with Gasteiger partial charge in [-0.3, -0.25) is 0 Å². The Bertz CT molecular complexity index is 2610. The summed E-state index contributed by atoms with van der Waals surface area (Å²) in [5, 5.41) is 18.5. The van der Waals surface area contributed by atoms with Gasteiger partial charge >= 0.3 is 24.0 Å². The van der Waals surface area contributed by atoms with E-state index in [2.05, 4.69) is 33.0 Å². The average molecular weight is 875 g/mol. The van der Waals surface area contributed by atoms with E-state index in [0.717, 1.165) is 33.7 Å². The van der Waals surface area contributed by atoms with E-state index in [1.807, 2.05) is 103 Å². The number of benzene rings is 6. The minimum absolute atomic E-state index is 0.0162. The SMILES string of the molecule is CC(C)OC(=O)c1ccc(NC(=O)N2CC(c3ccccc3)C(c3ccccc3)=N2)cc1.CCOC(=O)c1ccc(NC(=O)N2CC(c3ccccc3)C(c3ccc(Cl)cc3)=N2)cc1. The monoisotopic (exact) mass is 874 g/mol. The van der Waals surface area contributed by atoms with Crippen molar-refractivity contribution in [3.63, 3.8) is 0 Å². The summed E-state index contributed by atoms with van der Waals surface area (Å²) in [7, 11) is 0. The topological polar surface area (TPSA) is 142 Å².